The van der Waals surface area contributed by atoms with Crippen LogP contribution in [0.3, 0.4) is 0 Å². The molecule has 1 N–H and O–H groups in total. The van der Waals surface area contributed by atoms with Gasteiger partial charge in [-0.1, -0.05) is 18.6 Å². The molecule has 0 aliphatic carbocycles. The predicted molar refractivity (Wildman–Crippen MR) is 59.7 cm³/mol. The van der Waals surface area contributed by atoms with E-state index in [2.05, 4.69) is 23.3 Å². The van der Waals surface area contributed by atoms with E-state index in [0.29, 0.717) is 0 Å². The molecule has 0 saturated heterocycles. The summed E-state index contributed by atoms with van der Waals surface area (Å²) in [6.07, 6.45) is 1.61. The third kappa shape index (κ3) is 2.58. The fourth-order valence-corrected chi connectivity index (χ4v) is 1.59. The van der Waals surface area contributed by atoms with E-state index in [1.807, 2.05) is 6.92 Å². The number of hydrogen-bond donors (Lipinski definition) is 1. The Bertz CT molecular complexity index is 378. The molecule has 0 saturated carbocycles. The van der Waals surface area contributed by atoms with Crippen LogP contribution in [-0.2, 0) is 12.8 Å². The first-order valence-corrected chi connectivity index (χ1v) is 5.59. The highest BCUT2D eigenvalue weighted by Gasteiger charge is 2.19. The molecule has 5 heteroatoms. The lowest BCUT2D eigenvalue weighted by Crippen LogP contribution is -2.21. The van der Waals surface area contributed by atoms with Gasteiger partial charge in [0, 0.05) is 0 Å². The molecule has 0 aliphatic rings. The standard InChI is InChI=1S/C11H18N4O/c1-4-5-11-10(6-7-12)13-14-15(11)8(2)9(3)16/h8-9,16H,4-6H2,1-3H3. The Morgan fingerprint density at radius 2 is 2.19 bits per heavy atom. The van der Waals surface area contributed by atoms with Gasteiger partial charge in [0.05, 0.1) is 36.0 Å². The molecular formula is C11H18N4O. The van der Waals surface area contributed by atoms with Crippen molar-refractivity contribution in [2.75, 3.05) is 0 Å². The molecule has 0 bridgehead atoms. The van der Waals surface area contributed by atoms with Crippen LogP contribution < -0.4 is 0 Å². The van der Waals surface area contributed by atoms with Gasteiger partial charge in [-0.2, -0.15) is 5.26 Å². The van der Waals surface area contributed by atoms with Crippen molar-refractivity contribution in [3.8, 4) is 6.07 Å². The molecule has 0 amide bonds. The minimum Gasteiger partial charge on any atom is -0.391 e. The Morgan fingerprint density at radius 1 is 1.50 bits per heavy atom. The average Bonchev–Trinajstić information content (AvgIpc) is 2.62. The fourth-order valence-electron chi connectivity index (χ4n) is 1.59. The van der Waals surface area contributed by atoms with Gasteiger partial charge in [-0.15, -0.1) is 5.10 Å². The number of aliphatic hydroxyl groups is 1. The summed E-state index contributed by atoms with van der Waals surface area (Å²) in [5, 5.41) is 26.3. The van der Waals surface area contributed by atoms with Crippen molar-refractivity contribution in [1.82, 2.24) is 15.0 Å². The highest BCUT2D eigenvalue weighted by atomic mass is 16.3. The molecule has 1 rings (SSSR count). The minimum atomic E-state index is -0.479. The van der Waals surface area contributed by atoms with E-state index >= 15 is 0 Å². The molecule has 88 valence electrons. The van der Waals surface area contributed by atoms with E-state index in [9.17, 15) is 5.11 Å². The summed E-state index contributed by atoms with van der Waals surface area (Å²) in [5.41, 5.74) is 1.70. The zero-order valence-electron chi connectivity index (χ0n) is 10.0. The molecule has 5 nitrogen and oxygen atoms in total. The van der Waals surface area contributed by atoms with Crippen LogP contribution in [0, 0.1) is 11.3 Å². The number of aliphatic hydroxyl groups excluding tert-OH is 1. The predicted octanol–water partition coefficient (Wildman–Crippen LogP) is 1.24. The van der Waals surface area contributed by atoms with Gasteiger partial charge in [0.25, 0.3) is 0 Å². The van der Waals surface area contributed by atoms with Crippen LogP contribution in [0.4, 0.5) is 0 Å². The van der Waals surface area contributed by atoms with Crippen molar-refractivity contribution in [1.29, 1.82) is 5.26 Å². The maximum atomic E-state index is 9.55. The first-order valence-electron chi connectivity index (χ1n) is 5.59. The van der Waals surface area contributed by atoms with Gasteiger partial charge in [-0.05, 0) is 20.3 Å². The molecule has 0 aromatic carbocycles. The van der Waals surface area contributed by atoms with Crippen LogP contribution in [0.2, 0.25) is 0 Å². The maximum Gasteiger partial charge on any atom is 0.0999 e. The number of aromatic nitrogens is 3. The van der Waals surface area contributed by atoms with E-state index in [4.69, 9.17) is 5.26 Å². The topological polar surface area (TPSA) is 74.7 Å². The van der Waals surface area contributed by atoms with Gasteiger partial charge in [-0.3, -0.25) is 0 Å². The van der Waals surface area contributed by atoms with Crippen molar-refractivity contribution < 1.29 is 5.11 Å². The number of nitrogens with zero attached hydrogens (tertiary/aromatic N) is 4. The Labute approximate surface area is 95.7 Å². The molecule has 0 fully saturated rings. The second-order valence-electron chi connectivity index (χ2n) is 3.99. The SMILES string of the molecule is CCCc1c(CC#N)nnn1C(C)C(C)O. The monoisotopic (exact) mass is 222 g/mol. The van der Waals surface area contributed by atoms with Crippen LogP contribution in [0.5, 0.6) is 0 Å². The van der Waals surface area contributed by atoms with E-state index in [1.54, 1.807) is 11.6 Å². The highest BCUT2D eigenvalue weighted by Crippen LogP contribution is 2.17. The number of rotatable bonds is 5. The summed E-state index contributed by atoms with van der Waals surface area (Å²) in [6, 6.07) is 1.98. The third-order valence-corrected chi connectivity index (χ3v) is 2.69. The van der Waals surface area contributed by atoms with Gasteiger partial charge in [0.1, 0.15) is 0 Å². The van der Waals surface area contributed by atoms with E-state index in [1.165, 1.54) is 0 Å². The number of nitriles is 1. The van der Waals surface area contributed by atoms with Crippen LogP contribution >= 0.6 is 0 Å². The molecule has 16 heavy (non-hydrogen) atoms. The zero-order chi connectivity index (χ0) is 12.1. The van der Waals surface area contributed by atoms with E-state index in [0.717, 1.165) is 24.2 Å². The lowest BCUT2D eigenvalue weighted by Gasteiger charge is -2.17. The average molecular weight is 222 g/mol. The van der Waals surface area contributed by atoms with Crippen molar-refractivity contribution in [3.63, 3.8) is 0 Å². The Kier molecular flexibility index (Phi) is 4.44. The van der Waals surface area contributed by atoms with Gasteiger partial charge in [0.15, 0.2) is 0 Å². The van der Waals surface area contributed by atoms with Gasteiger partial charge < -0.3 is 5.11 Å². The summed E-state index contributed by atoms with van der Waals surface area (Å²) in [7, 11) is 0. The van der Waals surface area contributed by atoms with Gasteiger partial charge in [-0.25, -0.2) is 4.68 Å². The molecule has 2 atom stereocenters. The Hall–Kier alpha value is -1.41. The Morgan fingerprint density at radius 3 is 2.69 bits per heavy atom. The molecule has 0 radical (unpaired) electrons. The van der Waals surface area contributed by atoms with Crippen molar-refractivity contribution in [3.05, 3.63) is 11.4 Å². The fraction of sp³-hybridized carbons (Fsp3) is 0.727. The van der Waals surface area contributed by atoms with Gasteiger partial charge in [0.2, 0.25) is 0 Å². The molecule has 1 aromatic rings. The van der Waals surface area contributed by atoms with Gasteiger partial charge >= 0.3 is 0 Å². The lowest BCUT2D eigenvalue weighted by molar-refractivity contribution is 0.129. The molecular weight excluding hydrogens is 204 g/mol. The molecule has 0 aliphatic heterocycles. The zero-order valence-corrected chi connectivity index (χ0v) is 10.0. The molecule has 1 heterocycles. The van der Waals surface area contributed by atoms with Crippen molar-refractivity contribution in [2.45, 2.75) is 52.2 Å². The summed E-state index contributed by atoms with van der Waals surface area (Å²) in [4.78, 5) is 0. The largest absolute Gasteiger partial charge is 0.391 e. The quantitative estimate of drug-likeness (QED) is 0.813. The van der Waals surface area contributed by atoms with Crippen LogP contribution in [-0.4, -0.2) is 26.2 Å². The molecule has 1 aromatic heterocycles. The first kappa shape index (κ1) is 12.7. The van der Waals surface area contributed by atoms with Crippen LogP contribution in [0.1, 0.15) is 44.6 Å². The van der Waals surface area contributed by atoms with E-state index < -0.39 is 6.10 Å². The second kappa shape index (κ2) is 5.61. The summed E-state index contributed by atoms with van der Waals surface area (Å²) < 4.78 is 1.74. The van der Waals surface area contributed by atoms with Crippen molar-refractivity contribution in [2.24, 2.45) is 0 Å². The second-order valence-corrected chi connectivity index (χ2v) is 3.99. The Balaban J connectivity index is 3.04. The van der Waals surface area contributed by atoms with Crippen LogP contribution in [0.15, 0.2) is 0 Å². The highest BCUT2D eigenvalue weighted by molar-refractivity contribution is 5.15. The first-order chi connectivity index (χ1) is 7.61. The normalized spacial score (nSPS) is 14.4. The number of hydrogen-bond acceptors (Lipinski definition) is 4. The summed E-state index contributed by atoms with van der Waals surface area (Å²) in [5.74, 6) is 0. The van der Waals surface area contributed by atoms with Crippen LogP contribution in [0.25, 0.3) is 0 Å². The van der Waals surface area contributed by atoms with E-state index in [-0.39, 0.29) is 12.5 Å². The molecule has 2 unspecified atom stereocenters. The third-order valence-electron chi connectivity index (χ3n) is 2.69. The maximum absolute atomic E-state index is 9.55. The lowest BCUT2D eigenvalue weighted by atomic mass is 10.1. The summed E-state index contributed by atoms with van der Waals surface area (Å²) in [6.45, 7) is 5.70. The van der Waals surface area contributed by atoms with Crippen molar-refractivity contribution >= 4 is 0 Å². The molecule has 0 spiro atoms. The summed E-state index contributed by atoms with van der Waals surface area (Å²) >= 11 is 0. The minimum absolute atomic E-state index is 0.110. The smallest absolute Gasteiger partial charge is 0.0999 e.